The Bertz CT molecular complexity index is 336. The van der Waals surface area contributed by atoms with Gasteiger partial charge >= 0.3 is 0 Å². The van der Waals surface area contributed by atoms with Crippen molar-refractivity contribution in [1.29, 1.82) is 0 Å². The minimum absolute atomic E-state index is 0.0491. The summed E-state index contributed by atoms with van der Waals surface area (Å²) in [6.07, 6.45) is 0. The van der Waals surface area contributed by atoms with E-state index in [0.717, 1.165) is 5.01 Å². The van der Waals surface area contributed by atoms with Crippen LogP contribution in [0.25, 0.3) is 0 Å². The van der Waals surface area contributed by atoms with Crippen molar-refractivity contribution in [2.45, 2.75) is 26.8 Å². The van der Waals surface area contributed by atoms with Crippen LogP contribution >= 0.6 is 11.3 Å². The van der Waals surface area contributed by atoms with E-state index in [1.165, 1.54) is 11.3 Å². The van der Waals surface area contributed by atoms with E-state index in [4.69, 9.17) is 5.11 Å². The number of aliphatic hydroxyl groups is 1. The minimum Gasteiger partial charge on any atom is -0.394 e. The maximum atomic E-state index is 11.7. The van der Waals surface area contributed by atoms with Crippen LogP contribution < -0.4 is 5.32 Å². The van der Waals surface area contributed by atoms with Crippen molar-refractivity contribution in [3.8, 4) is 0 Å². The van der Waals surface area contributed by atoms with Gasteiger partial charge in [-0.25, -0.2) is 4.98 Å². The molecular weight excluding hydrogens is 212 g/mol. The van der Waals surface area contributed by atoms with Crippen LogP contribution in [-0.2, 0) is 0 Å². The molecule has 0 aliphatic heterocycles. The molecule has 0 fully saturated rings. The first kappa shape index (κ1) is 12.1. The lowest BCUT2D eigenvalue weighted by Gasteiger charge is -2.19. The standard InChI is InChI=1S/C10H16N2O2S/c1-6(2)8(4-13)12-10(14)9-5-15-7(3)11-9/h5-6,8,13H,4H2,1-3H3,(H,12,14). The third kappa shape index (κ3) is 3.28. The van der Waals surface area contributed by atoms with Crippen LogP contribution in [0.5, 0.6) is 0 Å². The van der Waals surface area contributed by atoms with Crippen LogP contribution in [0, 0.1) is 12.8 Å². The van der Waals surface area contributed by atoms with Gasteiger partial charge in [-0.2, -0.15) is 0 Å². The van der Waals surface area contributed by atoms with Crippen molar-refractivity contribution in [2.75, 3.05) is 6.61 Å². The second kappa shape index (κ2) is 5.23. The first-order valence-electron chi connectivity index (χ1n) is 4.88. The third-order valence-corrected chi connectivity index (χ3v) is 2.94. The maximum Gasteiger partial charge on any atom is 0.271 e. The van der Waals surface area contributed by atoms with E-state index in [2.05, 4.69) is 10.3 Å². The molecule has 0 aliphatic carbocycles. The number of nitrogens with zero attached hydrogens (tertiary/aromatic N) is 1. The van der Waals surface area contributed by atoms with Gasteiger partial charge in [-0.05, 0) is 12.8 Å². The van der Waals surface area contributed by atoms with Gasteiger partial charge in [0.15, 0.2) is 0 Å². The zero-order valence-corrected chi connectivity index (χ0v) is 9.97. The summed E-state index contributed by atoms with van der Waals surface area (Å²) in [4.78, 5) is 15.7. The molecule has 1 aromatic heterocycles. The Morgan fingerprint density at radius 3 is 2.73 bits per heavy atom. The largest absolute Gasteiger partial charge is 0.394 e. The molecule has 0 aliphatic rings. The van der Waals surface area contributed by atoms with Gasteiger partial charge in [0.05, 0.1) is 17.7 Å². The zero-order valence-electron chi connectivity index (χ0n) is 9.15. The van der Waals surface area contributed by atoms with Crippen molar-refractivity contribution in [2.24, 2.45) is 5.92 Å². The molecular formula is C10H16N2O2S. The fourth-order valence-electron chi connectivity index (χ4n) is 1.13. The summed E-state index contributed by atoms with van der Waals surface area (Å²) in [6, 6.07) is -0.209. The van der Waals surface area contributed by atoms with E-state index in [-0.39, 0.29) is 24.5 Å². The number of thiazole rings is 1. The number of carbonyl (C=O) groups is 1. The topological polar surface area (TPSA) is 62.2 Å². The molecule has 15 heavy (non-hydrogen) atoms. The Balaban J connectivity index is 2.62. The monoisotopic (exact) mass is 228 g/mol. The highest BCUT2D eigenvalue weighted by Crippen LogP contribution is 2.09. The highest BCUT2D eigenvalue weighted by atomic mass is 32.1. The van der Waals surface area contributed by atoms with Crippen molar-refractivity contribution in [1.82, 2.24) is 10.3 Å². The van der Waals surface area contributed by atoms with Gasteiger partial charge in [-0.3, -0.25) is 4.79 Å². The Kier molecular flexibility index (Phi) is 4.23. The van der Waals surface area contributed by atoms with Crippen LogP contribution in [0.3, 0.4) is 0 Å². The van der Waals surface area contributed by atoms with Gasteiger partial charge in [0.1, 0.15) is 5.69 Å². The van der Waals surface area contributed by atoms with Crippen molar-refractivity contribution >= 4 is 17.2 Å². The molecule has 1 amide bonds. The van der Waals surface area contributed by atoms with E-state index < -0.39 is 0 Å². The van der Waals surface area contributed by atoms with Crippen molar-refractivity contribution in [3.63, 3.8) is 0 Å². The summed E-state index contributed by atoms with van der Waals surface area (Å²) in [5, 5.41) is 14.4. The van der Waals surface area contributed by atoms with E-state index in [9.17, 15) is 4.79 Å². The molecule has 0 aromatic carbocycles. The average molecular weight is 228 g/mol. The second-order valence-electron chi connectivity index (χ2n) is 3.76. The Hall–Kier alpha value is -0.940. The SMILES string of the molecule is Cc1nc(C(=O)NC(CO)C(C)C)cs1. The van der Waals surface area contributed by atoms with Crippen LogP contribution in [0.4, 0.5) is 0 Å². The molecule has 1 heterocycles. The Morgan fingerprint density at radius 1 is 1.67 bits per heavy atom. The van der Waals surface area contributed by atoms with Crippen LogP contribution in [0.2, 0.25) is 0 Å². The number of hydrogen-bond donors (Lipinski definition) is 2. The molecule has 0 saturated heterocycles. The van der Waals surface area contributed by atoms with Gasteiger partial charge in [-0.15, -0.1) is 11.3 Å². The van der Waals surface area contributed by atoms with Crippen LogP contribution in [0.1, 0.15) is 29.3 Å². The molecule has 0 bridgehead atoms. The first-order valence-corrected chi connectivity index (χ1v) is 5.76. The van der Waals surface area contributed by atoms with Crippen molar-refractivity contribution in [3.05, 3.63) is 16.1 Å². The summed E-state index contributed by atoms with van der Waals surface area (Å²) in [7, 11) is 0. The van der Waals surface area contributed by atoms with E-state index in [1.54, 1.807) is 5.38 Å². The fourth-order valence-corrected chi connectivity index (χ4v) is 1.73. The predicted molar refractivity (Wildman–Crippen MR) is 60.0 cm³/mol. The van der Waals surface area contributed by atoms with E-state index in [0.29, 0.717) is 5.69 Å². The molecule has 1 atom stereocenters. The molecule has 4 nitrogen and oxygen atoms in total. The van der Waals surface area contributed by atoms with Gasteiger partial charge in [0, 0.05) is 5.38 Å². The highest BCUT2D eigenvalue weighted by molar-refractivity contribution is 7.09. The predicted octanol–water partition coefficient (Wildman–Crippen LogP) is 1.20. The first-order chi connectivity index (χ1) is 7.04. The smallest absolute Gasteiger partial charge is 0.271 e. The van der Waals surface area contributed by atoms with Crippen molar-refractivity contribution < 1.29 is 9.90 Å². The maximum absolute atomic E-state index is 11.7. The number of aliphatic hydroxyl groups excluding tert-OH is 1. The molecule has 0 spiro atoms. The van der Waals surface area contributed by atoms with Gasteiger partial charge in [0.2, 0.25) is 0 Å². The quantitative estimate of drug-likeness (QED) is 0.814. The number of rotatable bonds is 4. The summed E-state index contributed by atoms with van der Waals surface area (Å²) < 4.78 is 0. The van der Waals surface area contributed by atoms with Gasteiger partial charge in [-0.1, -0.05) is 13.8 Å². The Labute approximate surface area is 93.4 Å². The summed E-state index contributed by atoms with van der Waals surface area (Å²) in [5.41, 5.74) is 0.427. The summed E-state index contributed by atoms with van der Waals surface area (Å²) in [5.74, 6) is -0.00853. The number of aromatic nitrogens is 1. The molecule has 1 unspecified atom stereocenters. The normalized spacial score (nSPS) is 12.9. The van der Waals surface area contributed by atoms with Gasteiger partial charge < -0.3 is 10.4 Å². The molecule has 1 rings (SSSR count). The fraction of sp³-hybridized carbons (Fsp3) is 0.600. The lowest BCUT2D eigenvalue weighted by atomic mass is 10.1. The zero-order chi connectivity index (χ0) is 11.4. The Morgan fingerprint density at radius 2 is 2.33 bits per heavy atom. The molecule has 2 N–H and O–H groups in total. The number of carbonyl (C=O) groups excluding carboxylic acids is 1. The lowest BCUT2D eigenvalue weighted by Crippen LogP contribution is -2.41. The van der Waals surface area contributed by atoms with E-state index >= 15 is 0 Å². The third-order valence-electron chi connectivity index (χ3n) is 2.17. The average Bonchev–Trinajstić information content (AvgIpc) is 2.60. The van der Waals surface area contributed by atoms with Crippen LogP contribution in [0.15, 0.2) is 5.38 Å². The lowest BCUT2D eigenvalue weighted by molar-refractivity contribution is 0.0892. The molecule has 5 heteroatoms. The minimum atomic E-state index is -0.216. The summed E-state index contributed by atoms with van der Waals surface area (Å²) in [6.45, 7) is 5.71. The van der Waals surface area contributed by atoms with Crippen LogP contribution in [-0.4, -0.2) is 28.6 Å². The number of aryl methyl sites for hydroxylation is 1. The highest BCUT2D eigenvalue weighted by Gasteiger charge is 2.17. The van der Waals surface area contributed by atoms with Gasteiger partial charge in [0.25, 0.3) is 5.91 Å². The number of hydrogen-bond acceptors (Lipinski definition) is 4. The molecule has 0 radical (unpaired) electrons. The molecule has 1 aromatic rings. The molecule has 84 valence electrons. The molecule has 0 saturated carbocycles. The summed E-state index contributed by atoms with van der Waals surface area (Å²) >= 11 is 1.44. The second-order valence-corrected chi connectivity index (χ2v) is 4.82. The van der Waals surface area contributed by atoms with E-state index in [1.807, 2.05) is 20.8 Å². The number of nitrogens with one attached hydrogen (secondary N) is 1. The number of amides is 1.